The van der Waals surface area contributed by atoms with Gasteiger partial charge >= 0.3 is 0 Å². The number of ether oxygens (including phenoxy) is 1. The Kier molecular flexibility index (Phi) is 4.47. The van der Waals surface area contributed by atoms with Crippen LogP contribution in [0.4, 0.5) is 4.39 Å². The number of aromatic nitrogens is 1. The maximum atomic E-state index is 13.4. The zero-order chi connectivity index (χ0) is 13.7. The molecule has 0 spiro atoms. The molecule has 1 heterocycles. The molecular formula is C15H17FN2O. The van der Waals surface area contributed by atoms with Crippen LogP contribution in [0.25, 0.3) is 0 Å². The molecule has 2 N–H and O–H groups in total. The van der Waals surface area contributed by atoms with E-state index in [0.29, 0.717) is 11.3 Å². The summed E-state index contributed by atoms with van der Waals surface area (Å²) in [6, 6.07) is 10.1. The lowest BCUT2D eigenvalue weighted by Crippen LogP contribution is -2.10. The fourth-order valence-electron chi connectivity index (χ4n) is 1.68. The van der Waals surface area contributed by atoms with Gasteiger partial charge in [-0.1, -0.05) is 25.1 Å². The van der Waals surface area contributed by atoms with Crippen molar-refractivity contribution in [1.82, 2.24) is 4.98 Å². The van der Waals surface area contributed by atoms with Gasteiger partial charge in [0.05, 0.1) is 11.9 Å². The Morgan fingerprint density at radius 1 is 1.26 bits per heavy atom. The zero-order valence-electron chi connectivity index (χ0n) is 10.8. The van der Waals surface area contributed by atoms with Crippen LogP contribution in [-0.4, -0.2) is 4.98 Å². The van der Waals surface area contributed by atoms with Crippen molar-refractivity contribution in [3.8, 4) is 5.75 Å². The molecule has 1 aromatic carbocycles. The number of pyridine rings is 1. The summed E-state index contributed by atoms with van der Waals surface area (Å²) in [4.78, 5) is 4.24. The van der Waals surface area contributed by atoms with Gasteiger partial charge in [-0.15, -0.1) is 0 Å². The Labute approximate surface area is 112 Å². The highest BCUT2D eigenvalue weighted by Crippen LogP contribution is 2.17. The van der Waals surface area contributed by atoms with Crippen molar-refractivity contribution in [3.05, 3.63) is 59.7 Å². The van der Waals surface area contributed by atoms with Gasteiger partial charge in [0.2, 0.25) is 0 Å². The minimum atomic E-state index is -0.264. The first-order chi connectivity index (χ1) is 9.20. The Balaban J connectivity index is 1.99. The van der Waals surface area contributed by atoms with Crippen molar-refractivity contribution in [1.29, 1.82) is 0 Å². The molecule has 0 radical (unpaired) electrons. The highest BCUT2D eigenvalue weighted by atomic mass is 19.1. The fourth-order valence-corrected chi connectivity index (χ4v) is 1.68. The van der Waals surface area contributed by atoms with Crippen LogP contribution in [0.5, 0.6) is 5.75 Å². The second-order valence-corrected chi connectivity index (χ2v) is 4.31. The smallest absolute Gasteiger partial charge is 0.138 e. The van der Waals surface area contributed by atoms with Gasteiger partial charge in [-0.05, 0) is 24.6 Å². The SMILES string of the molecule is CC[C@@H](N)c1ccc(OCc2ccccc2F)cn1. The highest BCUT2D eigenvalue weighted by molar-refractivity contribution is 5.23. The molecule has 3 nitrogen and oxygen atoms in total. The van der Waals surface area contributed by atoms with E-state index in [-0.39, 0.29) is 18.5 Å². The van der Waals surface area contributed by atoms with E-state index < -0.39 is 0 Å². The molecule has 19 heavy (non-hydrogen) atoms. The molecule has 0 aliphatic carbocycles. The van der Waals surface area contributed by atoms with Crippen LogP contribution in [0.3, 0.4) is 0 Å². The second-order valence-electron chi connectivity index (χ2n) is 4.31. The van der Waals surface area contributed by atoms with Gasteiger partial charge in [-0.3, -0.25) is 4.98 Å². The normalized spacial score (nSPS) is 12.2. The van der Waals surface area contributed by atoms with E-state index in [1.807, 2.05) is 13.0 Å². The van der Waals surface area contributed by atoms with Crippen LogP contribution in [-0.2, 0) is 6.61 Å². The molecule has 0 unspecified atom stereocenters. The number of benzene rings is 1. The first-order valence-corrected chi connectivity index (χ1v) is 6.28. The predicted octanol–water partition coefficient (Wildman–Crippen LogP) is 3.21. The van der Waals surface area contributed by atoms with E-state index in [4.69, 9.17) is 10.5 Å². The van der Waals surface area contributed by atoms with Gasteiger partial charge in [-0.25, -0.2) is 4.39 Å². The number of nitrogens with zero attached hydrogens (tertiary/aromatic N) is 1. The second kappa shape index (κ2) is 6.29. The van der Waals surface area contributed by atoms with Crippen LogP contribution < -0.4 is 10.5 Å². The lowest BCUT2D eigenvalue weighted by atomic mass is 10.1. The first-order valence-electron chi connectivity index (χ1n) is 6.28. The van der Waals surface area contributed by atoms with Crippen molar-refractivity contribution in [3.63, 3.8) is 0 Å². The summed E-state index contributed by atoms with van der Waals surface area (Å²) < 4.78 is 18.9. The van der Waals surface area contributed by atoms with Crippen LogP contribution in [0.1, 0.15) is 30.6 Å². The Morgan fingerprint density at radius 3 is 2.68 bits per heavy atom. The molecule has 4 heteroatoms. The Morgan fingerprint density at radius 2 is 2.05 bits per heavy atom. The van der Waals surface area contributed by atoms with E-state index in [9.17, 15) is 4.39 Å². The van der Waals surface area contributed by atoms with Crippen molar-refractivity contribution >= 4 is 0 Å². The van der Waals surface area contributed by atoms with E-state index >= 15 is 0 Å². The van der Waals surface area contributed by atoms with Crippen molar-refractivity contribution < 1.29 is 9.13 Å². The molecule has 0 saturated heterocycles. The quantitative estimate of drug-likeness (QED) is 0.898. The van der Waals surface area contributed by atoms with Crippen LogP contribution in [0.15, 0.2) is 42.6 Å². The van der Waals surface area contributed by atoms with Gasteiger partial charge < -0.3 is 10.5 Å². The lowest BCUT2D eigenvalue weighted by molar-refractivity contribution is 0.298. The molecule has 0 bridgehead atoms. The third-order valence-corrected chi connectivity index (χ3v) is 2.93. The number of halogens is 1. The van der Waals surface area contributed by atoms with E-state index in [2.05, 4.69) is 4.98 Å². The largest absolute Gasteiger partial charge is 0.487 e. The van der Waals surface area contributed by atoms with Gasteiger partial charge in [0, 0.05) is 11.6 Å². The average molecular weight is 260 g/mol. The van der Waals surface area contributed by atoms with Crippen molar-refractivity contribution in [2.45, 2.75) is 26.0 Å². The highest BCUT2D eigenvalue weighted by Gasteiger charge is 2.05. The van der Waals surface area contributed by atoms with Gasteiger partial charge in [0.25, 0.3) is 0 Å². The van der Waals surface area contributed by atoms with Gasteiger partial charge in [0.15, 0.2) is 0 Å². The number of hydrogen-bond acceptors (Lipinski definition) is 3. The zero-order valence-corrected chi connectivity index (χ0v) is 10.8. The third-order valence-electron chi connectivity index (χ3n) is 2.93. The summed E-state index contributed by atoms with van der Waals surface area (Å²) in [6.45, 7) is 2.20. The molecule has 1 aromatic heterocycles. The standard InChI is InChI=1S/C15H17FN2O/c1-2-14(17)15-8-7-12(9-18-15)19-10-11-5-3-4-6-13(11)16/h3-9,14H,2,10,17H2,1H3/t14-/m1/s1. The van der Waals surface area contributed by atoms with Gasteiger partial charge in [0.1, 0.15) is 18.2 Å². The monoisotopic (exact) mass is 260 g/mol. The molecule has 0 amide bonds. The summed E-state index contributed by atoms with van der Waals surface area (Å²) in [5.41, 5.74) is 7.24. The molecule has 0 saturated carbocycles. The summed E-state index contributed by atoms with van der Waals surface area (Å²) in [5, 5.41) is 0. The van der Waals surface area contributed by atoms with Crippen LogP contribution in [0.2, 0.25) is 0 Å². The molecule has 2 rings (SSSR count). The molecule has 0 fully saturated rings. The van der Waals surface area contributed by atoms with Crippen LogP contribution >= 0.6 is 0 Å². The molecule has 2 aromatic rings. The number of nitrogens with two attached hydrogens (primary N) is 1. The molecule has 100 valence electrons. The van der Waals surface area contributed by atoms with Gasteiger partial charge in [-0.2, -0.15) is 0 Å². The third kappa shape index (κ3) is 3.51. The topological polar surface area (TPSA) is 48.1 Å². The number of hydrogen-bond donors (Lipinski definition) is 1. The van der Waals surface area contributed by atoms with Crippen molar-refractivity contribution in [2.24, 2.45) is 5.73 Å². The number of rotatable bonds is 5. The Hall–Kier alpha value is -1.94. The fraction of sp³-hybridized carbons (Fsp3) is 0.267. The lowest BCUT2D eigenvalue weighted by Gasteiger charge is -2.10. The maximum absolute atomic E-state index is 13.4. The minimum absolute atomic E-state index is 0.0550. The predicted molar refractivity (Wildman–Crippen MR) is 72.2 cm³/mol. The molecule has 1 atom stereocenters. The van der Waals surface area contributed by atoms with E-state index in [1.54, 1.807) is 30.5 Å². The first kappa shape index (κ1) is 13.5. The van der Waals surface area contributed by atoms with Crippen molar-refractivity contribution in [2.75, 3.05) is 0 Å². The summed E-state index contributed by atoms with van der Waals surface area (Å²) in [5.74, 6) is 0.343. The molecule has 0 aliphatic rings. The summed E-state index contributed by atoms with van der Waals surface area (Å²) >= 11 is 0. The summed E-state index contributed by atoms with van der Waals surface area (Å²) in [6.07, 6.45) is 2.45. The Bertz CT molecular complexity index is 528. The average Bonchev–Trinajstić information content (AvgIpc) is 2.46. The minimum Gasteiger partial charge on any atom is -0.487 e. The van der Waals surface area contributed by atoms with E-state index in [0.717, 1.165) is 12.1 Å². The van der Waals surface area contributed by atoms with Crippen LogP contribution in [0, 0.1) is 5.82 Å². The summed E-state index contributed by atoms with van der Waals surface area (Å²) in [7, 11) is 0. The molecule has 0 aliphatic heterocycles. The molecular weight excluding hydrogens is 243 g/mol. The maximum Gasteiger partial charge on any atom is 0.138 e. The van der Waals surface area contributed by atoms with E-state index in [1.165, 1.54) is 6.07 Å².